The molecule has 9 heteroatoms. The smallest absolute Gasteiger partial charge is 0.275 e. The fourth-order valence-corrected chi connectivity index (χ4v) is 5.07. The third kappa shape index (κ3) is 3.02. The van der Waals surface area contributed by atoms with Crippen LogP contribution in [0.25, 0.3) is 0 Å². The minimum atomic E-state index is -0.576. The summed E-state index contributed by atoms with van der Waals surface area (Å²) >= 11 is 0. The van der Waals surface area contributed by atoms with Crippen molar-refractivity contribution >= 4 is 21.3 Å². The summed E-state index contributed by atoms with van der Waals surface area (Å²) in [6, 6.07) is 9.85. The van der Waals surface area contributed by atoms with Crippen LogP contribution in [0.3, 0.4) is 0 Å². The Labute approximate surface area is 176 Å². The molecule has 2 unspecified atom stereocenters. The van der Waals surface area contributed by atoms with Gasteiger partial charge in [-0.1, -0.05) is 30.3 Å². The number of benzene rings is 1. The van der Waals surface area contributed by atoms with Crippen LogP contribution >= 0.6 is 9.47 Å². The van der Waals surface area contributed by atoms with Crippen molar-refractivity contribution in [3.8, 4) is 5.75 Å². The predicted molar refractivity (Wildman–Crippen MR) is 113 cm³/mol. The van der Waals surface area contributed by atoms with Crippen LogP contribution in [0.15, 0.2) is 41.3 Å². The molecule has 30 heavy (non-hydrogen) atoms. The van der Waals surface area contributed by atoms with Crippen LogP contribution in [-0.2, 0) is 13.1 Å². The first-order valence-corrected chi connectivity index (χ1v) is 10.6. The van der Waals surface area contributed by atoms with Crippen LogP contribution < -0.4 is 15.3 Å². The molecular formula is C21H23N4O4P. The van der Waals surface area contributed by atoms with E-state index < -0.39 is 11.3 Å². The molecule has 3 aliphatic heterocycles. The van der Waals surface area contributed by atoms with Gasteiger partial charge in [-0.3, -0.25) is 19.3 Å². The van der Waals surface area contributed by atoms with Crippen molar-refractivity contribution in [1.82, 2.24) is 19.7 Å². The Balaban J connectivity index is 1.48. The van der Waals surface area contributed by atoms with E-state index in [9.17, 15) is 14.4 Å². The standard InChI is InChI=1S/C21H23N4O4P/c26-18-15(20(27)22-9-13-5-2-1-3-6-13)11-23-12-16-24-8-4-7-14(24)10-25(16)21(28)17(23)19(18)29-30/h1-3,5-6,11,14,16H,4,7-10,12,30H2,(H,22,27)/t14?,16-/m0/s1. The largest absolute Gasteiger partial charge is 0.474 e. The topological polar surface area (TPSA) is 83.9 Å². The highest BCUT2D eigenvalue weighted by atomic mass is 31.0. The van der Waals surface area contributed by atoms with Crippen molar-refractivity contribution in [1.29, 1.82) is 0 Å². The lowest BCUT2D eigenvalue weighted by molar-refractivity contribution is 0.0516. The summed E-state index contributed by atoms with van der Waals surface area (Å²) in [6.45, 7) is 2.46. The van der Waals surface area contributed by atoms with Gasteiger partial charge in [0, 0.05) is 31.9 Å². The average molecular weight is 426 g/mol. The number of carbonyl (C=O) groups excluding carboxylic acids is 2. The van der Waals surface area contributed by atoms with Gasteiger partial charge in [-0.15, -0.1) is 0 Å². The van der Waals surface area contributed by atoms with Crippen LogP contribution in [0.5, 0.6) is 5.75 Å². The van der Waals surface area contributed by atoms with Gasteiger partial charge in [-0.2, -0.15) is 0 Å². The molecule has 0 bridgehead atoms. The molecule has 2 fully saturated rings. The van der Waals surface area contributed by atoms with Crippen molar-refractivity contribution in [3.63, 3.8) is 0 Å². The second-order valence-corrected chi connectivity index (χ2v) is 8.20. The fraction of sp³-hybridized carbons (Fsp3) is 0.381. The van der Waals surface area contributed by atoms with Gasteiger partial charge in [-0.25, -0.2) is 0 Å². The molecule has 3 aliphatic rings. The van der Waals surface area contributed by atoms with Crippen molar-refractivity contribution in [2.24, 2.45) is 0 Å². The number of carbonyl (C=O) groups is 2. The summed E-state index contributed by atoms with van der Waals surface area (Å²) < 4.78 is 6.96. The number of rotatable bonds is 4. The summed E-state index contributed by atoms with van der Waals surface area (Å²) in [5.41, 5.74) is 0.549. The molecule has 8 nitrogen and oxygen atoms in total. The van der Waals surface area contributed by atoms with Crippen molar-refractivity contribution in [3.05, 3.63) is 63.6 Å². The van der Waals surface area contributed by atoms with Gasteiger partial charge in [0.05, 0.1) is 16.0 Å². The number of amides is 2. The predicted octanol–water partition coefficient (Wildman–Crippen LogP) is 1.21. The second kappa shape index (κ2) is 7.52. The van der Waals surface area contributed by atoms with E-state index in [0.29, 0.717) is 25.7 Å². The Morgan fingerprint density at radius 2 is 2.00 bits per heavy atom. The molecule has 1 aromatic carbocycles. The lowest BCUT2D eigenvalue weighted by Crippen LogP contribution is -2.50. The molecule has 2 aromatic rings. The van der Waals surface area contributed by atoms with E-state index in [1.807, 2.05) is 44.7 Å². The third-order valence-electron chi connectivity index (χ3n) is 6.29. The molecule has 1 N–H and O–H groups in total. The van der Waals surface area contributed by atoms with E-state index in [1.54, 1.807) is 4.57 Å². The second-order valence-electron chi connectivity index (χ2n) is 7.96. The van der Waals surface area contributed by atoms with E-state index in [2.05, 4.69) is 10.2 Å². The molecule has 4 heterocycles. The summed E-state index contributed by atoms with van der Waals surface area (Å²) in [4.78, 5) is 43.2. The molecule has 2 saturated heterocycles. The van der Waals surface area contributed by atoms with E-state index in [0.717, 1.165) is 24.9 Å². The molecule has 0 radical (unpaired) electrons. The third-order valence-corrected chi connectivity index (χ3v) is 6.53. The normalized spacial score (nSPS) is 22.4. The Kier molecular flexibility index (Phi) is 4.83. The fourth-order valence-electron chi connectivity index (χ4n) is 4.86. The number of hydrogen-bond acceptors (Lipinski definition) is 5. The summed E-state index contributed by atoms with van der Waals surface area (Å²) in [5, 5.41) is 2.79. The summed E-state index contributed by atoms with van der Waals surface area (Å²) in [6.07, 6.45) is 3.67. The van der Waals surface area contributed by atoms with Gasteiger partial charge in [0.25, 0.3) is 11.8 Å². The number of hydrogen-bond donors (Lipinski definition) is 1. The zero-order valence-corrected chi connectivity index (χ0v) is 17.6. The highest BCUT2D eigenvalue weighted by Crippen LogP contribution is 2.35. The highest BCUT2D eigenvalue weighted by molar-refractivity contribution is 7.10. The molecular weight excluding hydrogens is 403 g/mol. The SMILES string of the molecule is O=C(NCc1ccccc1)c1cn2c(c(OP)c1=O)C(=O)N1CC3CCCN3[C@@H]1C2. The first-order valence-electron chi connectivity index (χ1n) is 10.1. The first kappa shape index (κ1) is 19.3. The maximum Gasteiger partial charge on any atom is 0.275 e. The average Bonchev–Trinajstić information content (AvgIpc) is 3.35. The summed E-state index contributed by atoms with van der Waals surface area (Å²) in [5.74, 6) is -0.794. The van der Waals surface area contributed by atoms with E-state index in [4.69, 9.17) is 4.52 Å². The maximum absolute atomic E-state index is 13.2. The molecule has 5 rings (SSSR count). The lowest BCUT2D eigenvalue weighted by atomic mass is 10.1. The Morgan fingerprint density at radius 3 is 2.77 bits per heavy atom. The molecule has 2 amide bonds. The molecule has 0 aliphatic carbocycles. The van der Waals surface area contributed by atoms with Gasteiger partial charge < -0.3 is 19.3 Å². The van der Waals surface area contributed by atoms with Crippen molar-refractivity contribution in [2.45, 2.75) is 38.1 Å². The Hall–Kier alpha value is -2.70. The van der Waals surface area contributed by atoms with Crippen LogP contribution in [0, 0.1) is 0 Å². The van der Waals surface area contributed by atoms with Gasteiger partial charge >= 0.3 is 0 Å². The van der Waals surface area contributed by atoms with Gasteiger partial charge in [0.1, 0.15) is 11.7 Å². The molecule has 3 atom stereocenters. The molecule has 1 aromatic heterocycles. The van der Waals surface area contributed by atoms with Crippen LogP contribution in [-0.4, -0.2) is 51.5 Å². The molecule has 156 valence electrons. The van der Waals surface area contributed by atoms with Gasteiger partial charge in [0.2, 0.25) is 5.43 Å². The van der Waals surface area contributed by atoms with Crippen LogP contribution in [0.2, 0.25) is 0 Å². The number of nitrogens with one attached hydrogen (secondary N) is 1. The number of nitrogens with zero attached hydrogens (tertiary/aromatic N) is 3. The zero-order chi connectivity index (χ0) is 20.8. The van der Waals surface area contributed by atoms with Crippen LogP contribution in [0.4, 0.5) is 0 Å². The quantitative estimate of drug-likeness (QED) is 0.743. The number of pyridine rings is 1. The van der Waals surface area contributed by atoms with E-state index in [-0.39, 0.29) is 29.1 Å². The highest BCUT2D eigenvalue weighted by Gasteiger charge is 2.48. The van der Waals surface area contributed by atoms with Gasteiger partial charge in [-0.05, 0) is 18.4 Å². The monoisotopic (exact) mass is 426 g/mol. The van der Waals surface area contributed by atoms with Crippen LogP contribution in [0.1, 0.15) is 39.3 Å². The number of fused-ring (bicyclic) bond motifs is 4. The zero-order valence-electron chi connectivity index (χ0n) is 16.4. The van der Waals surface area contributed by atoms with Crippen molar-refractivity contribution < 1.29 is 14.1 Å². The van der Waals surface area contributed by atoms with Gasteiger partial charge in [0.15, 0.2) is 11.4 Å². The minimum Gasteiger partial charge on any atom is -0.474 e. The lowest BCUT2D eigenvalue weighted by Gasteiger charge is -2.36. The first-order chi connectivity index (χ1) is 14.6. The van der Waals surface area contributed by atoms with E-state index >= 15 is 0 Å². The minimum absolute atomic E-state index is 0.0237. The Bertz CT molecular complexity index is 1070. The summed E-state index contributed by atoms with van der Waals surface area (Å²) in [7, 11) is 2.03. The maximum atomic E-state index is 13.2. The molecule has 0 saturated carbocycles. The molecule has 0 spiro atoms. The van der Waals surface area contributed by atoms with Crippen molar-refractivity contribution in [2.75, 3.05) is 13.1 Å². The number of aromatic nitrogens is 1. The van der Waals surface area contributed by atoms with E-state index in [1.165, 1.54) is 6.20 Å². The Morgan fingerprint density at radius 1 is 1.20 bits per heavy atom.